The topological polar surface area (TPSA) is 72.8 Å². The van der Waals surface area contributed by atoms with Crippen molar-refractivity contribution in [1.82, 2.24) is 0 Å². The molecular weight excluding hydrogens is 669 g/mol. The third-order valence-corrected chi connectivity index (χ3v) is 11.7. The molecule has 0 aromatic rings. The van der Waals surface area contributed by atoms with Gasteiger partial charge in [-0.15, -0.1) is 0 Å². The lowest BCUT2D eigenvalue weighted by Crippen LogP contribution is -2.28. The number of aliphatic hydroxyl groups is 1. The van der Waals surface area contributed by atoms with Crippen molar-refractivity contribution < 1.29 is 24.2 Å². The minimum atomic E-state index is -0.763. The number of rotatable bonds is 45. The molecule has 2 atom stereocenters. The molecule has 0 aliphatic carbocycles. The van der Waals surface area contributed by atoms with Gasteiger partial charge in [0.25, 0.3) is 0 Å². The normalized spacial score (nSPS) is 12.6. The van der Waals surface area contributed by atoms with E-state index in [9.17, 15) is 14.7 Å². The van der Waals surface area contributed by atoms with Crippen LogP contribution in [-0.4, -0.2) is 36.4 Å². The fraction of sp³-hybridized carbons (Fsp3) is 0.959. The molecule has 322 valence electrons. The number of esters is 2. The van der Waals surface area contributed by atoms with Gasteiger partial charge in [0.05, 0.1) is 6.61 Å². The molecule has 0 radical (unpaired) electrons. The van der Waals surface area contributed by atoms with Gasteiger partial charge in [0.1, 0.15) is 6.61 Å². The second-order valence-corrected chi connectivity index (χ2v) is 17.2. The maximum absolute atomic E-state index is 12.2. The lowest BCUT2D eigenvalue weighted by molar-refractivity contribution is -0.161. The number of carbonyl (C=O) groups excluding carboxylic acids is 2. The van der Waals surface area contributed by atoms with Gasteiger partial charge in [-0.3, -0.25) is 9.59 Å². The van der Waals surface area contributed by atoms with E-state index >= 15 is 0 Å². The molecule has 0 saturated heterocycles. The van der Waals surface area contributed by atoms with E-state index < -0.39 is 6.10 Å². The first-order valence-electron chi connectivity index (χ1n) is 24.5. The number of unbranched alkanes of at least 4 members (excludes halogenated alkanes) is 34. The van der Waals surface area contributed by atoms with Crippen LogP contribution >= 0.6 is 0 Å². The highest BCUT2D eigenvalue weighted by atomic mass is 16.6. The second-order valence-electron chi connectivity index (χ2n) is 17.2. The summed E-state index contributed by atoms with van der Waals surface area (Å²) < 4.78 is 10.7. The number of hydrogen-bond acceptors (Lipinski definition) is 5. The maximum atomic E-state index is 12.2. The minimum absolute atomic E-state index is 0.0566. The first-order valence-corrected chi connectivity index (χ1v) is 24.5. The van der Waals surface area contributed by atoms with Crippen molar-refractivity contribution in [3.63, 3.8) is 0 Å². The molecule has 0 amide bonds. The summed E-state index contributed by atoms with van der Waals surface area (Å²) in [4.78, 5) is 24.4. The Hall–Kier alpha value is -1.10. The zero-order chi connectivity index (χ0) is 39.4. The van der Waals surface area contributed by atoms with E-state index in [0.717, 1.165) is 38.0 Å². The molecule has 5 heteroatoms. The molecule has 0 heterocycles. The van der Waals surface area contributed by atoms with E-state index in [0.29, 0.717) is 12.8 Å². The number of aliphatic hydroxyl groups excluding tert-OH is 1. The van der Waals surface area contributed by atoms with Crippen molar-refractivity contribution >= 4 is 11.9 Å². The molecule has 0 aromatic carbocycles. The Morgan fingerprint density at radius 2 is 0.722 bits per heavy atom. The molecule has 5 nitrogen and oxygen atoms in total. The average Bonchev–Trinajstić information content (AvgIpc) is 3.18. The van der Waals surface area contributed by atoms with Crippen molar-refractivity contribution in [2.24, 2.45) is 5.92 Å². The van der Waals surface area contributed by atoms with Crippen molar-refractivity contribution in [3.05, 3.63) is 0 Å². The van der Waals surface area contributed by atoms with Crippen LogP contribution in [0.15, 0.2) is 0 Å². The Morgan fingerprint density at radius 3 is 1.04 bits per heavy atom. The summed E-state index contributed by atoms with van der Waals surface area (Å²) in [6.07, 6.45) is 50.4. The van der Waals surface area contributed by atoms with E-state index in [1.807, 2.05) is 0 Å². The summed E-state index contributed by atoms with van der Waals surface area (Å²) in [7, 11) is 0. The molecule has 1 unspecified atom stereocenters. The van der Waals surface area contributed by atoms with Crippen LogP contribution in [0.1, 0.15) is 278 Å². The summed E-state index contributed by atoms with van der Waals surface area (Å²) >= 11 is 0. The van der Waals surface area contributed by atoms with Crippen LogP contribution in [0.4, 0.5) is 0 Å². The van der Waals surface area contributed by atoms with Crippen LogP contribution in [0.5, 0.6) is 0 Å². The summed E-state index contributed by atoms with van der Waals surface area (Å²) in [6.45, 7) is 6.59. The van der Waals surface area contributed by atoms with E-state index in [2.05, 4.69) is 20.8 Å². The van der Waals surface area contributed by atoms with Gasteiger partial charge in [0.2, 0.25) is 0 Å². The lowest BCUT2D eigenvalue weighted by Gasteiger charge is -2.15. The van der Waals surface area contributed by atoms with Crippen LogP contribution in [0.2, 0.25) is 0 Å². The van der Waals surface area contributed by atoms with Crippen LogP contribution < -0.4 is 0 Å². The van der Waals surface area contributed by atoms with Gasteiger partial charge in [-0.2, -0.15) is 0 Å². The van der Waals surface area contributed by atoms with E-state index in [-0.39, 0.29) is 25.2 Å². The smallest absolute Gasteiger partial charge is 0.306 e. The Kier molecular flexibility index (Phi) is 43.7. The Bertz CT molecular complexity index is 754. The molecule has 0 spiro atoms. The summed E-state index contributed by atoms with van der Waals surface area (Å²) in [5.74, 6) is 0.347. The van der Waals surface area contributed by atoms with Crippen molar-refractivity contribution in [2.45, 2.75) is 284 Å². The molecular formula is C49H96O5. The van der Waals surface area contributed by atoms with Crippen molar-refractivity contribution in [1.29, 1.82) is 0 Å². The highest BCUT2D eigenvalue weighted by Gasteiger charge is 2.16. The quantitative estimate of drug-likeness (QED) is 0.0494. The van der Waals surface area contributed by atoms with E-state index in [1.165, 1.54) is 212 Å². The third kappa shape index (κ3) is 42.1. The Balaban J connectivity index is 3.44. The zero-order valence-corrected chi connectivity index (χ0v) is 36.9. The fourth-order valence-corrected chi connectivity index (χ4v) is 7.59. The van der Waals surface area contributed by atoms with Crippen LogP contribution in [0.25, 0.3) is 0 Å². The predicted octanol–water partition coefficient (Wildman–Crippen LogP) is 15.7. The van der Waals surface area contributed by atoms with Crippen LogP contribution in [0, 0.1) is 5.92 Å². The number of carbonyl (C=O) groups is 2. The average molecular weight is 765 g/mol. The standard InChI is InChI=1S/C49H96O5/c1-4-6-7-8-9-10-11-12-13-14-18-22-25-28-31-34-37-40-43-49(52)54-47(44-50)45-53-48(51)42-39-36-33-30-27-24-21-19-16-15-17-20-23-26-29-32-35-38-41-46(3)5-2/h46-47,50H,4-45H2,1-3H3/t46?,47-/m0/s1. The van der Waals surface area contributed by atoms with Crippen molar-refractivity contribution in [3.8, 4) is 0 Å². The second kappa shape index (κ2) is 44.6. The summed E-state index contributed by atoms with van der Waals surface area (Å²) in [5.41, 5.74) is 0. The molecule has 0 rings (SSSR count). The Morgan fingerprint density at radius 1 is 0.426 bits per heavy atom. The largest absolute Gasteiger partial charge is 0.462 e. The fourth-order valence-electron chi connectivity index (χ4n) is 7.59. The molecule has 0 saturated carbocycles. The lowest BCUT2D eigenvalue weighted by atomic mass is 9.99. The molecule has 0 aliphatic heterocycles. The number of ether oxygens (including phenoxy) is 2. The number of hydrogen-bond donors (Lipinski definition) is 1. The molecule has 54 heavy (non-hydrogen) atoms. The predicted molar refractivity (Wildman–Crippen MR) is 233 cm³/mol. The Labute approximate surface area is 338 Å². The van der Waals surface area contributed by atoms with Gasteiger partial charge in [0.15, 0.2) is 6.10 Å². The zero-order valence-electron chi connectivity index (χ0n) is 36.9. The van der Waals surface area contributed by atoms with E-state index in [1.54, 1.807) is 0 Å². The van der Waals surface area contributed by atoms with Gasteiger partial charge in [-0.25, -0.2) is 0 Å². The molecule has 0 fully saturated rings. The van der Waals surface area contributed by atoms with Crippen LogP contribution in [-0.2, 0) is 19.1 Å². The van der Waals surface area contributed by atoms with Gasteiger partial charge < -0.3 is 14.6 Å². The highest BCUT2D eigenvalue weighted by Crippen LogP contribution is 2.18. The molecule has 0 aliphatic rings. The third-order valence-electron chi connectivity index (χ3n) is 11.7. The SMILES string of the molecule is CCCCCCCCCCCCCCCCCCCCC(=O)O[C@@H](CO)COC(=O)CCCCCCCCCCCCCCCCCCCCC(C)CC. The van der Waals surface area contributed by atoms with E-state index in [4.69, 9.17) is 9.47 Å². The van der Waals surface area contributed by atoms with Gasteiger partial charge >= 0.3 is 11.9 Å². The summed E-state index contributed by atoms with van der Waals surface area (Å²) in [5, 5.41) is 9.61. The minimum Gasteiger partial charge on any atom is -0.462 e. The van der Waals surface area contributed by atoms with Crippen LogP contribution in [0.3, 0.4) is 0 Å². The van der Waals surface area contributed by atoms with Gasteiger partial charge in [-0.1, -0.05) is 252 Å². The first-order chi connectivity index (χ1) is 26.5. The van der Waals surface area contributed by atoms with Gasteiger partial charge in [0, 0.05) is 12.8 Å². The van der Waals surface area contributed by atoms with Crippen molar-refractivity contribution in [2.75, 3.05) is 13.2 Å². The molecule has 0 bridgehead atoms. The molecule has 0 aromatic heterocycles. The van der Waals surface area contributed by atoms with Gasteiger partial charge in [-0.05, 0) is 18.8 Å². The maximum Gasteiger partial charge on any atom is 0.306 e. The molecule has 1 N–H and O–H groups in total. The summed E-state index contributed by atoms with van der Waals surface area (Å²) in [6, 6.07) is 0. The monoisotopic (exact) mass is 765 g/mol. The highest BCUT2D eigenvalue weighted by molar-refractivity contribution is 5.70. The first kappa shape index (κ1) is 52.9.